The standard InChI is InChI=1S/C7H4BrIN2.C5H4BrIN2/c8-5-3-6(9)7-10-1-2-11(7)4-5;6-3-1-4(7)5(8)9-2-3/h1-4H;1-2H,(H2,8,9). The van der Waals surface area contributed by atoms with Crippen LogP contribution in [0.2, 0.25) is 0 Å². The number of halogens is 4. The molecule has 0 spiro atoms. The first-order valence-electron chi connectivity index (χ1n) is 5.31. The molecule has 3 aromatic heterocycles. The minimum Gasteiger partial charge on any atom is -0.383 e. The number of fused-ring (bicyclic) bond motifs is 1. The molecule has 0 aliphatic rings. The Kier molecular flexibility index (Phi) is 6.05. The zero-order chi connectivity index (χ0) is 14.7. The third-order valence-corrected chi connectivity index (χ3v) is 4.77. The van der Waals surface area contributed by atoms with Gasteiger partial charge in [-0.15, -0.1) is 0 Å². The number of anilines is 1. The van der Waals surface area contributed by atoms with Gasteiger partial charge in [-0.2, -0.15) is 0 Å². The van der Waals surface area contributed by atoms with Gasteiger partial charge >= 0.3 is 0 Å². The number of nitrogen functional groups attached to an aromatic ring is 1. The Morgan fingerprint density at radius 2 is 1.75 bits per heavy atom. The van der Waals surface area contributed by atoms with Crippen LogP contribution in [0.3, 0.4) is 0 Å². The molecule has 0 fully saturated rings. The lowest BCUT2D eigenvalue weighted by molar-refractivity contribution is 1.16. The lowest BCUT2D eigenvalue weighted by Gasteiger charge is -1.96. The molecule has 20 heavy (non-hydrogen) atoms. The Morgan fingerprint density at radius 3 is 2.40 bits per heavy atom. The average molecular weight is 622 g/mol. The predicted octanol–water partition coefficient (Wildman–Crippen LogP) is 4.73. The molecule has 3 aromatic rings. The van der Waals surface area contributed by atoms with Gasteiger partial charge in [0.2, 0.25) is 0 Å². The van der Waals surface area contributed by atoms with Gasteiger partial charge in [0.15, 0.2) is 0 Å². The summed E-state index contributed by atoms with van der Waals surface area (Å²) in [5, 5.41) is 0. The fraction of sp³-hybridized carbons (Fsp3) is 0. The summed E-state index contributed by atoms with van der Waals surface area (Å²) in [6, 6.07) is 3.96. The molecule has 0 aromatic carbocycles. The monoisotopic (exact) mass is 620 g/mol. The highest BCUT2D eigenvalue weighted by Gasteiger charge is 1.99. The van der Waals surface area contributed by atoms with E-state index in [0.717, 1.165) is 21.7 Å². The van der Waals surface area contributed by atoms with Gasteiger partial charge in [-0.05, 0) is 89.2 Å². The van der Waals surface area contributed by atoms with Crippen LogP contribution in [0.1, 0.15) is 0 Å². The van der Waals surface area contributed by atoms with Crippen molar-refractivity contribution in [1.29, 1.82) is 0 Å². The Bertz CT molecular complexity index is 745. The molecule has 0 atom stereocenters. The molecule has 0 aliphatic heterocycles. The highest BCUT2D eigenvalue weighted by atomic mass is 127. The minimum atomic E-state index is 0.582. The average Bonchev–Trinajstić information content (AvgIpc) is 2.83. The Labute approximate surface area is 160 Å². The van der Waals surface area contributed by atoms with Crippen molar-refractivity contribution in [3.05, 3.63) is 53.0 Å². The van der Waals surface area contributed by atoms with Gasteiger partial charge in [0.05, 0.1) is 7.14 Å². The molecule has 3 heterocycles. The molecule has 0 saturated heterocycles. The summed E-state index contributed by atoms with van der Waals surface area (Å²) in [7, 11) is 0. The van der Waals surface area contributed by atoms with Crippen molar-refractivity contribution >= 4 is 88.5 Å². The minimum absolute atomic E-state index is 0.582. The van der Waals surface area contributed by atoms with E-state index in [1.807, 2.05) is 28.9 Å². The summed E-state index contributed by atoms with van der Waals surface area (Å²) in [4.78, 5) is 8.10. The smallest absolute Gasteiger partial charge is 0.150 e. The summed E-state index contributed by atoms with van der Waals surface area (Å²) in [5.41, 5.74) is 6.46. The molecule has 0 aliphatic carbocycles. The number of hydrogen-bond acceptors (Lipinski definition) is 3. The number of nitrogens with two attached hydrogens (primary N) is 1. The maximum atomic E-state index is 5.45. The molecule has 3 rings (SSSR count). The van der Waals surface area contributed by atoms with Gasteiger partial charge in [0.25, 0.3) is 0 Å². The van der Waals surface area contributed by atoms with Crippen molar-refractivity contribution in [1.82, 2.24) is 14.4 Å². The van der Waals surface area contributed by atoms with E-state index < -0.39 is 0 Å². The molecule has 0 saturated carbocycles. The van der Waals surface area contributed by atoms with Gasteiger partial charge in [0.1, 0.15) is 11.5 Å². The normalized spacial score (nSPS) is 10.2. The zero-order valence-corrected chi connectivity index (χ0v) is 17.4. The lowest BCUT2D eigenvalue weighted by Crippen LogP contribution is -1.91. The van der Waals surface area contributed by atoms with Crippen LogP contribution in [0.4, 0.5) is 5.82 Å². The predicted molar refractivity (Wildman–Crippen MR) is 105 cm³/mol. The highest BCUT2D eigenvalue weighted by molar-refractivity contribution is 14.1. The fourth-order valence-electron chi connectivity index (χ4n) is 1.38. The second kappa shape index (κ2) is 7.36. The SMILES string of the molecule is Brc1cc(I)c2nccn2c1.Nc1ncc(Br)cc1I. The van der Waals surface area contributed by atoms with Gasteiger partial charge in [-0.3, -0.25) is 0 Å². The van der Waals surface area contributed by atoms with E-state index >= 15 is 0 Å². The van der Waals surface area contributed by atoms with Crippen LogP contribution in [0.5, 0.6) is 0 Å². The second-order valence-electron chi connectivity index (χ2n) is 3.68. The first-order valence-corrected chi connectivity index (χ1v) is 9.06. The van der Waals surface area contributed by atoms with Crippen LogP contribution in [0.25, 0.3) is 5.65 Å². The van der Waals surface area contributed by atoms with Crippen molar-refractivity contribution in [3.63, 3.8) is 0 Å². The molecule has 2 N–H and O–H groups in total. The summed E-state index contributed by atoms with van der Waals surface area (Å²) < 4.78 is 6.16. The van der Waals surface area contributed by atoms with Gasteiger partial charge in [0, 0.05) is 33.7 Å². The van der Waals surface area contributed by atoms with Crippen molar-refractivity contribution in [2.45, 2.75) is 0 Å². The molecule has 0 bridgehead atoms. The van der Waals surface area contributed by atoms with Crippen molar-refractivity contribution in [2.75, 3.05) is 5.73 Å². The summed E-state index contributed by atoms with van der Waals surface area (Å²) in [6.07, 6.45) is 7.40. The van der Waals surface area contributed by atoms with Crippen molar-refractivity contribution in [2.24, 2.45) is 0 Å². The van der Waals surface area contributed by atoms with Crippen LogP contribution < -0.4 is 5.73 Å². The Balaban J connectivity index is 0.000000151. The van der Waals surface area contributed by atoms with Gasteiger partial charge in [-0.25, -0.2) is 9.97 Å². The molecule has 104 valence electrons. The number of imidazole rings is 1. The molecule has 0 amide bonds. The molecular weight excluding hydrogens is 614 g/mol. The van der Waals surface area contributed by atoms with Gasteiger partial charge < -0.3 is 10.1 Å². The number of nitrogens with zero attached hydrogens (tertiary/aromatic N) is 3. The fourth-order valence-corrected chi connectivity index (χ4v) is 4.25. The second-order valence-corrected chi connectivity index (χ2v) is 7.84. The number of hydrogen-bond donors (Lipinski definition) is 1. The third-order valence-electron chi connectivity index (χ3n) is 2.25. The molecule has 0 radical (unpaired) electrons. The van der Waals surface area contributed by atoms with Crippen molar-refractivity contribution in [3.8, 4) is 0 Å². The lowest BCUT2D eigenvalue weighted by atomic mass is 10.5. The van der Waals surface area contributed by atoms with E-state index in [4.69, 9.17) is 5.73 Å². The topological polar surface area (TPSA) is 56.2 Å². The van der Waals surface area contributed by atoms with Crippen LogP contribution in [-0.2, 0) is 0 Å². The molecule has 4 nitrogen and oxygen atoms in total. The van der Waals surface area contributed by atoms with Crippen LogP contribution >= 0.6 is 77.0 Å². The molecule has 8 heteroatoms. The highest BCUT2D eigenvalue weighted by Crippen LogP contribution is 2.18. The van der Waals surface area contributed by atoms with E-state index in [-0.39, 0.29) is 0 Å². The van der Waals surface area contributed by atoms with Crippen LogP contribution in [0.15, 0.2) is 45.9 Å². The Hall–Kier alpha value is 0.0600. The number of rotatable bonds is 0. The largest absolute Gasteiger partial charge is 0.383 e. The summed E-state index contributed by atoms with van der Waals surface area (Å²) >= 11 is 11.1. The first kappa shape index (κ1) is 16.4. The van der Waals surface area contributed by atoms with E-state index in [1.54, 1.807) is 12.4 Å². The third kappa shape index (κ3) is 4.28. The van der Waals surface area contributed by atoms with E-state index in [9.17, 15) is 0 Å². The van der Waals surface area contributed by atoms with Crippen LogP contribution in [-0.4, -0.2) is 14.4 Å². The summed E-state index contributed by atoms with van der Waals surface area (Å²) in [6.45, 7) is 0. The molecular formula is C12H8Br2I2N4. The number of aromatic nitrogens is 3. The van der Waals surface area contributed by atoms with Crippen LogP contribution in [0, 0.1) is 7.14 Å². The zero-order valence-electron chi connectivity index (χ0n) is 9.89. The maximum Gasteiger partial charge on any atom is 0.150 e. The Morgan fingerprint density at radius 1 is 1.05 bits per heavy atom. The summed E-state index contributed by atoms with van der Waals surface area (Å²) in [5.74, 6) is 0.582. The van der Waals surface area contributed by atoms with E-state index in [1.165, 1.54) is 0 Å². The number of pyridine rings is 2. The maximum absolute atomic E-state index is 5.45. The van der Waals surface area contributed by atoms with E-state index in [2.05, 4.69) is 87.0 Å². The van der Waals surface area contributed by atoms with Crippen molar-refractivity contribution < 1.29 is 0 Å². The quantitative estimate of drug-likeness (QED) is 0.370. The first-order chi connectivity index (χ1) is 9.47. The van der Waals surface area contributed by atoms with Gasteiger partial charge in [-0.1, -0.05) is 0 Å². The molecule has 0 unspecified atom stereocenters. The van der Waals surface area contributed by atoms with E-state index in [0.29, 0.717) is 5.82 Å².